The second-order valence-corrected chi connectivity index (χ2v) is 9.88. The van der Waals surface area contributed by atoms with Crippen LogP contribution in [0.15, 0.2) is 41.4 Å². The zero-order valence-electron chi connectivity index (χ0n) is 18.4. The van der Waals surface area contributed by atoms with Gasteiger partial charge in [0.25, 0.3) is 5.91 Å². The topological polar surface area (TPSA) is 88.6 Å². The summed E-state index contributed by atoms with van der Waals surface area (Å²) in [6, 6.07) is 7.27. The Labute approximate surface area is 191 Å². The molecule has 1 atom stereocenters. The predicted molar refractivity (Wildman–Crippen MR) is 115 cm³/mol. The molecule has 2 aromatic rings. The molecular weight excluding hydrogens is 459 g/mol. The number of benzene rings is 1. The van der Waals surface area contributed by atoms with Crippen LogP contribution in [0.5, 0.6) is 5.88 Å². The minimum atomic E-state index is -4.52. The lowest BCUT2D eigenvalue weighted by atomic mass is 10.1. The van der Waals surface area contributed by atoms with Crippen LogP contribution in [0.3, 0.4) is 0 Å². The second kappa shape index (κ2) is 10.1. The Bertz CT molecular complexity index is 1110. The third kappa shape index (κ3) is 6.23. The number of sulfonamides is 1. The SMILES string of the molecule is Cc1ccc(S(=O)(=O)N2CCCCC2C)cc1C(=O)NCc1cccnc1OCC(F)(F)F. The zero-order valence-corrected chi connectivity index (χ0v) is 19.2. The molecule has 0 saturated carbocycles. The van der Waals surface area contributed by atoms with Gasteiger partial charge in [-0.3, -0.25) is 4.79 Å². The van der Waals surface area contributed by atoms with Gasteiger partial charge in [0.1, 0.15) is 0 Å². The van der Waals surface area contributed by atoms with E-state index in [1.807, 2.05) is 6.92 Å². The van der Waals surface area contributed by atoms with Gasteiger partial charge in [0.05, 0.1) is 4.90 Å². The van der Waals surface area contributed by atoms with Gasteiger partial charge >= 0.3 is 6.18 Å². The van der Waals surface area contributed by atoms with E-state index in [9.17, 15) is 26.4 Å². The molecule has 1 aliphatic heterocycles. The lowest BCUT2D eigenvalue weighted by molar-refractivity contribution is -0.154. The maximum atomic E-state index is 13.1. The molecule has 3 rings (SSSR count). The molecule has 1 fully saturated rings. The van der Waals surface area contributed by atoms with Crippen molar-refractivity contribution in [3.8, 4) is 5.88 Å². The van der Waals surface area contributed by atoms with Gasteiger partial charge in [-0.15, -0.1) is 0 Å². The summed E-state index contributed by atoms with van der Waals surface area (Å²) in [6.07, 6.45) is -0.698. The molecule has 11 heteroatoms. The largest absolute Gasteiger partial charge is 0.468 e. The van der Waals surface area contributed by atoms with Crippen molar-refractivity contribution in [1.29, 1.82) is 0 Å². The number of hydrogen-bond donors (Lipinski definition) is 1. The standard InChI is InChI=1S/C22H26F3N3O4S/c1-15-8-9-18(33(30,31)28-11-4-3-6-16(28)2)12-19(15)20(29)27-13-17-7-5-10-26-21(17)32-14-22(23,24)25/h5,7-10,12,16H,3-4,6,11,13-14H2,1-2H3,(H,27,29). The molecule has 1 aromatic heterocycles. The van der Waals surface area contributed by atoms with Crippen molar-refractivity contribution in [2.24, 2.45) is 0 Å². The number of nitrogens with zero attached hydrogens (tertiary/aromatic N) is 2. The smallest absolute Gasteiger partial charge is 0.422 e. The summed E-state index contributed by atoms with van der Waals surface area (Å²) in [6.45, 7) is 2.33. The molecule has 180 valence electrons. The summed E-state index contributed by atoms with van der Waals surface area (Å²) >= 11 is 0. The van der Waals surface area contributed by atoms with Crippen LogP contribution < -0.4 is 10.1 Å². The number of rotatable bonds is 7. The van der Waals surface area contributed by atoms with E-state index in [1.165, 1.54) is 34.8 Å². The first kappa shape index (κ1) is 25.0. The van der Waals surface area contributed by atoms with Crippen LogP contribution in [0.1, 0.15) is 47.7 Å². The predicted octanol–water partition coefficient (Wildman–Crippen LogP) is 3.82. The maximum Gasteiger partial charge on any atom is 0.422 e. The number of carbonyl (C=O) groups excluding carboxylic acids is 1. The fraction of sp³-hybridized carbons (Fsp3) is 0.455. The Kier molecular flexibility index (Phi) is 7.63. The summed E-state index contributed by atoms with van der Waals surface area (Å²) in [5.41, 5.74) is 0.999. The minimum absolute atomic E-state index is 0.0302. The molecule has 2 heterocycles. The number of nitrogens with one attached hydrogen (secondary N) is 1. The number of carbonyl (C=O) groups is 1. The van der Waals surface area contributed by atoms with E-state index in [2.05, 4.69) is 10.3 Å². The number of alkyl halides is 3. The van der Waals surface area contributed by atoms with Crippen LogP contribution in [0.4, 0.5) is 13.2 Å². The minimum Gasteiger partial charge on any atom is -0.468 e. The number of ether oxygens (including phenoxy) is 1. The molecule has 1 aliphatic rings. The highest BCUT2D eigenvalue weighted by atomic mass is 32.2. The van der Waals surface area contributed by atoms with E-state index in [0.29, 0.717) is 12.1 Å². The Morgan fingerprint density at radius 2 is 2.03 bits per heavy atom. The van der Waals surface area contributed by atoms with Crippen LogP contribution in [0, 0.1) is 6.92 Å². The van der Waals surface area contributed by atoms with Crippen molar-refractivity contribution in [1.82, 2.24) is 14.6 Å². The first-order valence-corrected chi connectivity index (χ1v) is 12.0. The normalized spacial score (nSPS) is 17.5. The van der Waals surface area contributed by atoms with Crippen LogP contribution >= 0.6 is 0 Å². The van der Waals surface area contributed by atoms with Crippen molar-refractivity contribution >= 4 is 15.9 Å². The quantitative estimate of drug-likeness (QED) is 0.644. The van der Waals surface area contributed by atoms with E-state index >= 15 is 0 Å². The second-order valence-electron chi connectivity index (χ2n) is 7.99. The summed E-state index contributed by atoms with van der Waals surface area (Å²) in [7, 11) is -3.76. The number of pyridine rings is 1. The van der Waals surface area contributed by atoms with Crippen molar-refractivity contribution in [2.75, 3.05) is 13.2 Å². The number of piperidine rings is 1. The van der Waals surface area contributed by atoms with Crippen LogP contribution in [-0.2, 0) is 16.6 Å². The van der Waals surface area contributed by atoms with Gasteiger partial charge in [-0.25, -0.2) is 13.4 Å². The van der Waals surface area contributed by atoms with Gasteiger partial charge in [-0.05, 0) is 50.5 Å². The fourth-order valence-corrected chi connectivity index (χ4v) is 5.41. The lowest BCUT2D eigenvalue weighted by Gasteiger charge is -2.32. The van der Waals surface area contributed by atoms with Gasteiger partial charge in [0.15, 0.2) is 6.61 Å². The van der Waals surface area contributed by atoms with Gasteiger partial charge in [-0.2, -0.15) is 17.5 Å². The van der Waals surface area contributed by atoms with Crippen molar-refractivity contribution in [3.05, 3.63) is 53.2 Å². The number of hydrogen-bond acceptors (Lipinski definition) is 5. The van der Waals surface area contributed by atoms with Crippen molar-refractivity contribution in [3.63, 3.8) is 0 Å². The maximum absolute atomic E-state index is 13.1. The molecule has 1 saturated heterocycles. The van der Waals surface area contributed by atoms with Gasteiger partial charge in [0.2, 0.25) is 15.9 Å². The number of aromatic nitrogens is 1. The van der Waals surface area contributed by atoms with Crippen LogP contribution in [0.2, 0.25) is 0 Å². The van der Waals surface area contributed by atoms with Gasteiger partial charge in [0, 0.05) is 36.5 Å². The summed E-state index contributed by atoms with van der Waals surface area (Å²) in [4.78, 5) is 16.7. The van der Waals surface area contributed by atoms with Gasteiger partial charge < -0.3 is 10.1 Å². The Hall–Kier alpha value is -2.66. The van der Waals surface area contributed by atoms with Crippen molar-refractivity contribution < 1.29 is 31.1 Å². The fourth-order valence-electron chi connectivity index (χ4n) is 3.68. The average molecular weight is 486 g/mol. The molecular formula is C22H26F3N3O4S. The Morgan fingerprint density at radius 1 is 1.27 bits per heavy atom. The zero-order chi connectivity index (χ0) is 24.2. The molecule has 0 radical (unpaired) electrons. The monoisotopic (exact) mass is 485 g/mol. The molecule has 0 bridgehead atoms. The molecule has 1 unspecified atom stereocenters. The van der Waals surface area contributed by atoms with Crippen molar-refractivity contribution in [2.45, 2.75) is 56.8 Å². The Balaban J connectivity index is 1.76. The molecule has 1 aromatic carbocycles. The number of halogens is 3. The van der Waals surface area contributed by atoms with Crippen LogP contribution in [-0.4, -0.2) is 49.0 Å². The van der Waals surface area contributed by atoms with Crippen LogP contribution in [0.25, 0.3) is 0 Å². The van der Waals surface area contributed by atoms with E-state index in [0.717, 1.165) is 19.3 Å². The molecule has 1 amide bonds. The summed E-state index contributed by atoms with van der Waals surface area (Å²) in [5, 5.41) is 2.61. The lowest BCUT2D eigenvalue weighted by Crippen LogP contribution is -2.42. The summed E-state index contributed by atoms with van der Waals surface area (Å²) in [5.74, 6) is -0.788. The van der Waals surface area contributed by atoms with E-state index in [1.54, 1.807) is 13.0 Å². The molecule has 1 N–H and O–H groups in total. The number of aryl methyl sites for hydroxylation is 1. The Morgan fingerprint density at radius 3 is 2.73 bits per heavy atom. The highest BCUT2D eigenvalue weighted by molar-refractivity contribution is 7.89. The van der Waals surface area contributed by atoms with E-state index in [-0.39, 0.29) is 34.5 Å². The average Bonchev–Trinajstić information content (AvgIpc) is 2.76. The number of amides is 1. The molecule has 33 heavy (non-hydrogen) atoms. The third-order valence-electron chi connectivity index (χ3n) is 5.46. The van der Waals surface area contributed by atoms with Gasteiger partial charge in [-0.1, -0.05) is 18.6 Å². The third-order valence-corrected chi connectivity index (χ3v) is 7.47. The van der Waals surface area contributed by atoms with E-state index < -0.39 is 28.7 Å². The summed E-state index contributed by atoms with van der Waals surface area (Å²) < 4.78 is 69.9. The highest BCUT2D eigenvalue weighted by Gasteiger charge is 2.32. The van der Waals surface area contributed by atoms with E-state index in [4.69, 9.17) is 4.74 Å². The molecule has 0 spiro atoms. The molecule has 0 aliphatic carbocycles. The molecule has 7 nitrogen and oxygen atoms in total. The first-order chi connectivity index (χ1) is 15.5. The first-order valence-electron chi connectivity index (χ1n) is 10.5. The highest BCUT2D eigenvalue weighted by Crippen LogP contribution is 2.26.